The van der Waals surface area contributed by atoms with Crippen LogP contribution in [0.4, 0.5) is 10.1 Å². The summed E-state index contributed by atoms with van der Waals surface area (Å²) in [5.74, 6) is -0.556. The standard InChI is InChI=1S/C20H20FN3O2S/c1-3-4-9-24-13-18(14-5-6-15(12-22)19(21)10-14)17-8-7-16(11-20(17)24)23-27(2,25)26/h5-8,10-11,13,23H,3-4,9H2,1-2H3. The average Bonchev–Trinajstić information content (AvgIpc) is 2.96. The van der Waals surface area contributed by atoms with Gasteiger partial charge in [0.15, 0.2) is 0 Å². The number of hydrogen-bond donors (Lipinski definition) is 1. The van der Waals surface area contributed by atoms with E-state index >= 15 is 0 Å². The third-order valence-electron chi connectivity index (χ3n) is 4.34. The summed E-state index contributed by atoms with van der Waals surface area (Å²) in [5, 5.41) is 9.82. The summed E-state index contributed by atoms with van der Waals surface area (Å²) < 4.78 is 41.7. The van der Waals surface area contributed by atoms with Crippen molar-refractivity contribution in [1.82, 2.24) is 4.57 Å². The van der Waals surface area contributed by atoms with E-state index in [0.29, 0.717) is 11.3 Å². The number of halogens is 1. The molecule has 2 aromatic carbocycles. The average molecular weight is 385 g/mol. The van der Waals surface area contributed by atoms with Crippen LogP contribution in [0.3, 0.4) is 0 Å². The van der Waals surface area contributed by atoms with Crippen molar-refractivity contribution in [3.05, 3.63) is 54.0 Å². The van der Waals surface area contributed by atoms with Crippen LogP contribution < -0.4 is 4.72 Å². The lowest BCUT2D eigenvalue weighted by molar-refractivity contribution is 0.607. The molecule has 0 aliphatic rings. The molecule has 27 heavy (non-hydrogen) atoms. The molecule has 0 amide bonds. The fourth-order valence-electron chi connectivity index (χ4n) is 3.09. The van der Waals surface area contributed by atoms with E-state index in [1.165, 1.54) is 12.1 Å². The fraction of sp³-hybridized carbons (Fsp3) is 0.250. The lowest BCUT2D eigenvalue weighted by Gasteiger charge is -2.07. The Morgan fingerprint density at radius 2 is 2.00 bits per heavy atom. The SMILES string of the molecule is CCCCn1cc(-c2ccc(C#N)c(F)c2)c2ccc(NS(C)(=O)=O)cc21. The van der Waals surface area contributed by atoms with Gasteiger partial charge in [0.05, 0.1) is 23.0 Å². The van der Waals surface area contributed by atoms with E-state index in [1.54, 1.807) is 18.2 Å². The van der Waals surface area contributed by atoms with Crippen molar-refractivity contribution in [2.24, 2.45) is 0 Å². The summed E-state index contributed by atoms with van der Waals surface area (Å²) in [5.41, 5.74) is 2.88. The monoisotopic (exact) mass is 385 g/mol. The van der Waals surface area contributed by atoms with Gasteiger partial charge in [-0.1, -0.05) is 25.5 Å². The van der Waals surface area contributed by atoms with Gasteiger partial charge in [-0.3, -0.25) is 4.72 Å². The first-order valence-electron chi connectivity index (χ1n) is 8.63. The predicted octanol–water partition coefficient (Wildman–Crippen LogP) is 4.49. The van der Waals surface area contributed by atoms with Gasteiger partial charge in [0.1, 0.15) is 11.9 Å². The van der Waals surface area contributed by atoms with Crippen molar-refractivity contribution in [2.45, 2.75) is 26.3 Å². The predicted molar refractivity (Wildman–Crippen MR) is 105 cm³/mol. The molecule has 0 atom stereocenters. The number of aromatic nitrogens is 1. The van der Waals surface area contributed by atoms with Gasteiger partial charge in [0.2, 0.25) is 10.0 Å². The highest BCUT2D eigenvalue weighted by molar-refractivity contribution is 7.92. The van der Waals surface area contributed by atoms with Crippen LogP contribution in [0.1, 0.15) is 25.3 Å². The summed E-state index contributed by atoms with van der Waals surface area (Å²) in [7, 11) is -3.37. The molecular weight excluding hydrogens is 365 g/mol. The summed E-state index contributed by atoms with van der Waals surface area (Å²) in [4.78, 5) is 0. The van der Waals surface area contributed by atoms with Crippen LogP contribution in [0, 0.1) is 17.1 Å². The number of hydrogen-bond acceptors (Lipinski definition) is 3. The van der Waals surface area contributed by atoms with E-state index in [0.717, 1.165) is 42.1 Å². The summed E-state index contributed by atoms with van der Waals surface area (Å²) in [6.45, 7) is 2.87. The van der Waals surface area contributed by atoms with Gasteiger partial charge in [0, 0.05) is 23.7 Å². The zero-order valence-corrected chi connectivity index (χ0v) is 16.0. The molecular formula is C20H20FN3O2S. The quantitative estimate of drug-likeness (QED) is 0.679. The van der Waals surface area contributed by atoms with Crippen LogP contribution in [0.2, 0.25) is 0 Å². The Labute approximate surface area is 158 Å². The number of nitrogens with zero attached hydrogens (tertiary/aromatic N) is 2. The van der Waals surface area contributed by atoms with Crippen LogP contribution in [-0.4, -0.2) is 19.2 Å². The molecule has 0 spiro atoms. The zero-order valence-electron chi connectivity index (χ0n) is 15.2. The maximum Gasteiger partial charge on any atom is 0.229 e. The van der Waals surface area contributed by atoms with E-state index in [1.807, 2.05) is 18.3 Å². The van der Waals surface area contributed by atoms with Crippen molar-refractivity contribution in [3.63, 3.8) is 0 Å². The molecule has 0 bridgehead atoms. The van der Waals surface area contributed by atoms with E-state index in [2.05, 4.69) is 16.2 Å². The number of sulfonamides is 1. The van der Waals surface area contributed by atoms with Gasteiger partial charge < -0.3 is 4.57 Å². The zero-order chi connectivity index (χ0) is 19.6. The van der Waals surface area contributed by atoms with Gasteiger partial charge in [-0.25, -0.2) is 12.8 Å². The van der Waals surface area contributed by atoms with Crippen molar-refractivity contribution >= 4 is 26.6 Å². The lowest BCUT2D eigenvalue weighted by atomic mass is 10.0. The molecule has 0 aliphatic carbocycles. The van der Waals surface area contributed by atoms with E-state index in [4.69, 9.17) is 5.26 Å². The van der Waals surface area contributed by atoms with Gasteiger partial charge in [-0.05, 0) is 36.2 Å². The second kappa shape index (κ2) is 7.41. The topological polar surface area (TPSA) is 74.9 Å². The summed E-state index contributed by atoms with van der Waals surface area (Å²) in [6.07, 6.45) is 5.04. The van der Waals surface area contributed by atoms with Crippen LogP contribution in [0.5, 0.6) is 0 Å². The molecule has 0 fully saturated rings. The van der Waals surface area contributed by atoms with Gasteiger partial charge >= 0.3 is 0 Å². The Hall–Kier alpha value is -2.85. The Kier molecular flexibility index (Phi) is 5.19. The van der Waals surface area contributed by atoms with Crippen LogP contribution in [-0.2, 0) is 16.6 Å². The Balaban J connectivity index is 2.16. The number of unbranched alkanes of at least 4 members (excludes halogenated alkanes) is 1. The van der Waals surface area contributed by atoms with Crippen molar-refractivity contribution in [3.8, 4) is 17.2 Å². The Morgan fingerprint density at radius 3 is 2.63 bits per heavy atom. The molecule has 0 saturated heterocycles. The smallest absolute Gasteiger partial charge is 0.229 e. The number of anilines is 1. The van der Waals surface area contributed by atoms with Crippen molar-refractivity contribution in [2.75, 3.05) is 11.0 Å². The molecule has 3 aromatic rings. The molecule has 3 rings (SSSR count). The first kappa shape index (κ1) is 18.9. The van der Waals surface area contributed by atoms with Crippen molar-refractivity contribution in [1.29, 1.82) is 5.26 Å². The summed E-state index contributed by atoms with van der Waals surface area (Å²) >= 11 is 0. The van der Waals surface area contributed by atoms with Gasteiger partial charge in [-0.15, -0.1) is 0 Å². The molecule has 140 valence electrons. The third kappa shape index (κ3) is 4.12. The molecule has 5 nitrogen and oxygen atoms in total. The Morgan fingerprint density at radius 1 is 1.22 bits per heavy atom. The van der Waals surface area contributed by atoms with Gasteiger partial charge in [0.25, 0.3) is 0 Å². The second-order valence-corrected chi connectivity index (χ2v) is 8.25. The minimum absolute atomic E-state index is 0.00751. The van der Waals surface area contributed by atoms with E-state index < -0.39 is 15.8 Å². The molecule has 0 radical (unpaired) electrons. The third-order valence-corrected chi connectivity index (χ3v) is 4.95. The number of nitriles is 1. The highest BCUT2D eigenvalue weighted by Gasteiger charge is 2.14. The molecule has 1 heterocycles. The molecule has 7 heteroatoms. The number of aryl methyl sites for hydroxylation is 1. The highest BCUT2D eigenvalue weighted by atomic mass is 32.2. The number of rotatable bonds is 6. The summed E-state index contributed by atoms with van der Waals surface area (Å²) in [6, 6.07) is 11.7. The molecule has 1 N–H and O–H groups in total. The first-order chi connectivity index (χ1) is 12.8. The fourth-order valence-corrected chi connectivity index (χ4v) is 3.64. The number of fused-ring (bicyclic) bond motifs is 1. The minimum atomic E-state index is -3.37. The largest absolute Gasteiger partial charge is 0.347 e. The Bertz CT molecular complexity index is 1140. The van der Waals surface area contributed by atoms with Gasteiger partial charge in [-0.2, -0.15) is 5.26 Å². The van der Waals surface area contributed by atoms with Crippen LogP contribution in [0.25, 0.3) is 22.0 Å². The normalized spacial score (nSPS) is 11.5. The number of nitrogens with one attached hydrogen (secondary N) is 1. The van der Waals surface area contributed by atoms with E-state index in [9.17, 15) is 12.8 Å². The number of benzene rings is 2. The minimum Gasteiger partial charge on any atom is -0.347 e. The first-order valence-corrected chi connectivity index (χ1v) is 10.5. The van der Waals surface area contributed by atoms with Crippen LogP contribution in [0.15, 0.2) is 42.6 Å². The van der Waals surface area contributed by atoms with Crippen molar-refractivity contribution < 1.29 is 12.8 Å². The second-order valence-electron chi connectivity index (χ2n) is 6.50. The lowest BCUT2D eigenvalue weighted by Crippen LogP contribution is -2.09. The molecule has 1 aromatic heterocycles. The van der Waals surface area contributed by atoms with E-state index in [-0.39, 0.29) is 5.56 Å². The maximum absolute atomic E-state index is 14.1. The molecule has 0 aliphatic heterocycles. The maximum atomic E-state index is 14.1. The van der Waals surface area contributed by atoms with Crippen LogP contribution >= 0.6 is 0 Å². The molecule has 0 saturated carbocycles. The molecule has 0 unspecified atom stereocenters. The highest BCUT2D eigenvalue weighted by Crippen LogP contribution is 2.33.